The van der Waals surface area contributed by atoms with Gasteiger partial charge < -0.3 is 10.0 Å². The van der Waals surface area contributed by atoms with Crippen LogP contribution < -0.4 is 4.31 Å². The van der Waals surface area contributed by atoms with Crippen molar-refractivity contribution < 1.29 is 23.1 Å². The number of anilines is 1. The van der Waals surface area contributed by atoms with Gasteiger partial charge in [0, 0.05) is 19.5 Å². The zero-order chi connectivity index (χ0) is 22.5. The molecule has 0 saturated carbocycles. The van der Waals surface area contributed by atoms with E-state index in [0.29, 0.717) is 38.0 Å². The molecular formula is C22H32N2O5S. The van der Waals surface area contributed by atoms with E-state index in [9.17, 15) is 18.0 Å². The summed E-state index contributed by atoms with van der Waals surface area (Å²) in [5.74, 6) is -1.18. The molecule has 2 aliphatic rings. The van der Waals surface area contributed by atoms with E-state index in [4.69, 9.17) is 5.11 Å². The molecule has 1 aromatic carbocycles. The molecule has 0 spiro atoms. The van der Waals surface area contributed by atoms with Gasteiger partial charge in [-0.3, -0.25) is 13.9 Å². The van der Waals surface area contributed by atoms with Crippen molar-refractivity contribution in [3.05, 3.63) is 35.4 Å². The van der Waals surface area contributed by atoms with Crippen molar-refractivity contribution in [3.63, 3.8) is 0 Å². The van der Waals surface area contributed by atoms with Gasteiger partial charge in [0.05, 0.1) is 23.9 Å². The number of para-hydroxylation sites is 1. The summed E-state index contributed by atoms with van der Waals surface area (Å²) in [4.78, 5) is 25.3. The van der Waals surface area contributed by atoms with Crippen LogP contribution in [0, 0.1) is 5.92 Å². The van der Waals surface area contributed by atoms with E-state index in [0.717, 1.165) is 11.1 Å². The molecule has 7 nitrogen and oxygen atoms in total. The highest BCUT2D eigenvalue weighted by Gasteiger charge is 2.32. The number of aliphatic carboxylic acids is 1. The first-order chi connectivity index (χ1) is 14.2. The van der Waals surface area contributed by atoms with Crippen LogP contribution in [-0.4, -0.2) is 55.7 Å². The van der Waals surface area contributed by atoms with Gasteiger partial charge in [-0.25, -0.2) is 8.42 Å². The summed E-state index contributed by atoms with van der Waals surface area (Å²) in [5, 5.41) is 9.07. The van der Waals surface area contributed by atoms with Crippen LogP contribution in [0.2, 0.25) is 0 Å². The number of hydrogen-bond acceptors (Lipinski definition) is 4. The van der Waals surface area contributed by atoms with E-state index in [1.54, 1.807) is 11.0 Å². The SMILES string of the molecule is CC.C[C@@H]1C(CCC(=O)N2CCC(C(=O)O)CC2)=Cc2ccccc2N1S(C)(=O)=O. The number of carboxylic acids is 1. The minimum Gasteiger partial charge on any atom is -0.481 e. The second-order valence-electron chi connectivity index (χ2n) is 7.51. The zero-order valence-electron chi connectivity index (χ0n) is 18.2. The van der Waals surface area contributed by atoms with E-state index in [2.05, 4.69) is 0 Å². The molecule has 0 radical (unpaired) electrons. The second-order valence-corrected chi connectivity index (χ2v) is 9.37. The first-order valence-corrected chi connectivity index (χ1v) is 12.3. The minimum absolute atomic E-state index is 0.0123. The minimum atomic E-state index is -3.45. The van der Waals surface area contributed by atoms with Crippen molar-refractivity contribution in [2.45, 2.75) is 52.5 Å². The fourth-order valence-corrected chi connectivity index (χ4v) is 5.26. The Labute approximate surface area is 179 Å². The summed E-state index contributed by atoms with van der Waals surface area (Å²) >= 11 is 0. The standard InChI is InChI=1S/C20H26N2O5S.C2H6/c1-14-16(7-8-19(23)21-11-9-15(10-12-21)20(24)25)13-17-5-3-4-6-18(17)22(14)28(2,26)27;1-2/h3-6,13-15H,7-12H2,1-2H3,(H,24,25);1-2H3/t14-;/m1./s1. The van der Waals surface area contributed by atoms with Gasteiger partial charge in [-0.15, -0.1) is 0 Å². The number of nitrogens with zero attached hydrogens (tertiary/aromatic N) is 2. The van der Waals surface area contributed by atoms with Crippen molar-refractivity contribution >= 4 is 33.7 Å². The number of piperidine rings is 1. The highest BCUT2D eigenvalue weighted by atomic mass is 32.2. The van der Waals surface area contributed by atoms with Gasteiger partial charge in [-0.05, 0) is 43.4 Å². The van der Waals surface area contributed by atoms with Gasteiger partial charge in [0.15, 0.2) is 0 Å². The van der Waals surface area contributed by atoms with Crippen LogP contribution >= 0.6 is 0 Å². The molecule has 3 rings (SSSR count). The number of amides is 1. The number of carbonyl (C=O) groups is 2. The summed E-state index contributed by atoms with van der Waals surface area (Å²) < 4.78 is 26.1. The quantitative estimate of drug-likeness (QED) is 0.764. The lowest BCUT2D eigenvalue weighted by Gasteiger charge is -2.36. The Hall–Kier alpha value is -2.35. The third-order valence-corrected chi connectivity index (χ3v) is 6.81. The van der Waals surface area contributed by atoms with E-state index in [-0.39, 0.29) is 24.3 Å². The Balaban J connectivity index is 0.00000155. The molecule has 0 aromatic heterocycles. The summed E-state index contributed by atoms with van der Waals surface area (Å²) in [6, 6.07) is 6.99. The molecule has 0 unspecified atom stereocenters. The molecule has 166 valence electrons. The van der Waals surface area contributed by atoms with E-state index in [1.807, 2.05) is 45.0 Å². The molecule has 1 atom stereocenters. The van der Waals surface area contributed by atoms with Gasteiger partial charge in [0.2, 0.25) is 15.9 Å². The molecule has 30 heavy (non-hydrogen) atoms. The van der Waals surface area contributed by atoms with Crippen LogP contribution in [-0.2, 0) is 19.6 Å². The number of fused-ring (bicyclic) bond motifs is 1. The molecule has 1 amide bonds. The Morgan fingerprint density at radius 1 is 1.13 bits per heavy atom. The number of rotatable bonds is 5. The predicted octanol–water partition coefficient (Wildman–Crippen LogP) is 3.37. The highest BCUT2D eigenvalue weighted by Crippen LogP contribution is 2.36. The maximum Gasteiger partial charge on any atom is 0.306 e. The highest BCUT2D eigenvalue weighted by molar-refractivity contribution is 7.92. The van der Waals surface area contributed by atoms with Crippen LogP contribution in [0.15, 0.2) is 29.8 Å². The van der Waals surface area contributed by atoms with Gasteiger partial charge in [0.25, 0.3) is 0 Å². The van der Waals surface area contributed by atoms with Crippen LogP contribution in [0.1, 0.15) is 52.0 Å². The third kappa shape index (κ3) is 5.41. The second kappa shape index (κ2) is 10.1. The van der Waals surface area contributed by atoms with Crippen LogP contribution in [0.3, 0.4) is 0 Å². The summed E-state index contributed by atoms with van der Waals surface area (Å²) in [6.07, 6.45) is 4.89. The smallest absolute Gasteiger partial charge is 0.306 e. The maximum atomic E-state index is 12.6. The number of carbonyl (C=O) groups excluding carboxylic acids is 1. The lowest BCUT2D eigenvalue weighted by atomic mass is 9.94. The summed E-state index contributed by atoms with van der Waals surface area (Å²) in [5.41, 5.74) is 2.39. The average molecular weight is 437 g/mol. The number of carboxylic acid groups (broad SMARTS) is 1. The molecule has 1 saturated heterocycles. The topological polar surface area (TPSA) is 95.0 Å². The fraction of sp³-hybridized carbons (Fsp3) is 0.545. The van der Waals surface area contributed by atoms with Crippen molar-refractivity contribution in [1.29, 1.82) is 0 Å². The lowest BCUT2D eigenvalue weighted by Crippen LogP contribution is -2.42. The van der Waals surface area contributed by atoms with Crippen LogP contribution in [0.4, 0.5) is 5.69 Å². The normalized spacial score (nSPS) is 19.3. The molecule has 1 N–H and O–H groups in total. The van der Waals surface area contributed by atoms with Crippen molar-refractivity contribution in [1.82, 2.24) is 4.90 Å². The average Bonchev–Trinajstić information content (AvgIpc) is 2.72. The first kappa shape index (κ1) is 23.9. The molecule has 2 aliphatic heterocycles. The Bertz CT molecular complexity index is 902. The maximum absolute atomic E-state index is 12.6. The molecule has 8 heteroatoms. The van der Waals surface area contributed by atoms with Crippen LogP contribution in [0.25, 0.3) is 6.08 Å². The Morgan fingerprint density at radius 3 is 2.30 bits per heavy atom. The Morgan fingerprint density at radius 2 is 1.73 bits per heavy atom. The molecule has 0 bridgehead atoms. The van der Waals surface area contributed by atoms with Gasteiger partial charge in [-0.2, -0.15) is 0 Å². The van der Waals surface area contributed by atoms with Gasteiger partial charge in [-0.1, -0.05) is 38.1 Å². The Kier molecular flexibility index (Phi) is 8.06. The predicted molar refractivity (Wildman–Crippen MR) is 119 cm³/mol. The van der Waals surface area contributed by atoms with Gasteiger partial charge in [0.1, 0.15) is 0 Å². The molecule has 2 heterocycles. The molecule has 1 aromatic rings. The van der Waals surface area contributed by atoms with E-state index in [1.165, 1.54) is 10.6 Å². The monoisotopic (exact) mass is 436 g/mol. The van der Waals surface area contributed by atoms with Gasteiger partial charge >= 0.3 is 5.97 Å². The summed E-state index contributed by atoms with van der Waals surface area (Å²) in [7, 11) is -3.45. The van der Waals surface area contributed by atoms with E-state index < -0.39 is 16.0 Å². The summed E-state index contributed by atoms with van der Waals surface area (Å²) in [6.45, 7) is 6.76. The molecule has 1 fully saturated rings. The number of benzene rings is 1. The van der Waals surface area contributed by atoms with E-state index >= 15 is 0 Å². The van der Waals surface area contributed by atoms with Crippen molar-refractivity contribution in [2.24, 2.45) is 5.92 Å². The fourth-order valence-electron chi connectivity index (χ4n) is 4.02. The third-order valence-electron chi connectivity index (χ3n) is 5.59. The number of sulfonamides is 1. The molecular weight excluding hydrogens is 404 g/mol. The molecule has 0 aliphatic carbocycles. The van der Waals surface area contributed by atoms with Crippen molar-refractivity contribution in [2.75, 3.05) is 23.7 Å². The first-order valence-electron chi connectivity index (χ1n) is 10.5. The number of hydrogen-bond donors (Lipinski definition) is 1. The zero-order valence-corrected chi connectivity index (χ0v) is 19.0. The lowest BCUT2D eigenvalue weighted by molar-refractivity contribution is -0.145. The van der Waals surface area contributed by atoms with Crippen molar-refractivity contribution in [3.8, 4) is 0 Å². The number of likely N-dealkylation sites (tertiary alicyclic amines) is 1. The largest absolute Gasteiger partial charge is 0.481 e. The van der Waals surface area contributed by atoms with Crippen LogP contribution in [0.5, 0.6) is 0 Å².